The minimum Gasteiger partial charge on any atom is -0.310 e. The minimum absolute atomic E-state index is 0.0735. The van der Waals surface area contributed by atoms with Crippen LogP contribution in [0.5, 0.6) is 0 Å². The third-order valence-electron chi connectivity index (χ3n) is 4.19. The van der Waals surface area contributed by atoms with Gasteiger partial charge in [0.1, 0.15) is 5.82 Å². The largest absolute Gasteiger partial charge is 0.310 e. The zero-order valence-corrected chi connectivity index (χ0v) is 13.3. The van der Waals surface area contributed by atoms with Crippen LogP contribution in [0.15, 0.2) is 16.9 Å². The molecule has 1 aromatic heterocycles. The van der Waals surface area contributed by atoms with Crippen molar-refractivity contribution in [2.24, 2.45) is 0 Å². The van der Waals surface area contributed by atoms with E-state index >= 15 is 0 Å². The summed E-state index contributed by atoms with van der Waals surface area (Å²) in [5.41, 5.74) is 1.22. The first-order chi connectivity index (χ1) is 11.5. The molecule has 0 radical (unpaired) electrons. The summed E-state index contributed by atoms with van der Waals surface area (Å²) in [6.07, 6.45) is 2.18. The molecule has 3 rings (SSSR count). The molecule has 128 valence electrons. The van der Waals surface area contributed by atoms with Crippen molar-refractivity contribution in [3.05, 3.63) is 62.6 Å². The molecular weight excluding hydrogens is 319 g/mol. The van der Waals surface area contributed by atoms with Gasteiger partial charge < -0.3 is 4.98 Å². The van der Waals surface area contributed by atoms with E-state index in [4.69, 9.17) is 0 Å². The Morgan fingerprint density at radius 3 is 2.79 bits per heavy atom. The maximum absolute atomic E-state index is 13.8. The standard InChI is InChI=1S/C17H18F3N3O/c1-2-3-14-21-13-6-7-23(9-11(13)17(24)22-14)8-10-4-5-12(18)16(20)15(10)19/h4-5H,2-3,6-9H2,1H3,(H,21,22,24). The number of nitrogens with zero attached hydrogens (tertiary/aromatic N) is 2. The number of nitrogens with one attached hydrogen (secondary N) is 1. The molecule has 2 heterocycles. The van der Waals surface area contributed by atoms with Crippen LogP contribution >= 0.6 is 0 Å². The average molecular weight is 337 g/mol. The Morgan fingerprint density at radius 1 is 1.25 bits per heavy atom. The lowest BCUT2D eigenvalue weighted by Gasteiger charge is -2.27. The highest BCUT2D eigenvalue weighted by atomic mass is 19.2. The summed E-state index contributed by atoms with van der Waals surface area (Å²) >= 11 is 0. The molecule has 0 amide bonds. The molecule has 0 saturated carbocycles. The number of hydrogen-bond donors (Lipinski definition) is 1. The van der Waals surface area contributed by atoms with E-state index in [1.807, 2.05) is 11.8 Å². The van der Waals surface area contributed by atoms with Crippen LogP contribution in [0.2, 0.25) is 0 Å². The first-order valence-electron chi connectivity index (χ1n) is 7.95. The maximum atomic E-state index is 13.8. The van der Waals surface area contributed by atoms with Crippen molar-refractivity contribution in [1.82, 2.24) is 14.9 Å². The van der Waals surface area contributed by atoms with E-state index in [2.05, 4.69) is 9.97 Å². The van der Waals surface area contributed by atoms with Crippen LogP contribution in [-0.4, -0.2) is 21.4 Å². The third kappa shape index (κ3) is 3.21. The normalized spacial score (nSPS) is 14.7. The number of aromatic amines is 1. The fraction of sp³-hybridized carbons (Fsp3) is 0.412. The summed E-state index contributed by atoms with van der Waals surface area (Å²) in [6, 6.07) is 2.15. The molecular formula is C17H18F3N3O. The molecule has 0 atom stereocenters. The van der Waals surface area contributed by atoms with E-state index in [1.54, 1.807) is 0 Å². The zero-order chi connectivity index (χ0) is 17.3. The van der Waals surface area contributed by atoms with Gasteiger partial charge in [-0.25, -0.2) is 18.2 Å². The second kappa shape index (κ2) is 6.76. The van der Waals surface area contributed by atoms with Crippen molar-refractivity contribution >= 4 is 0 Å². The number of hydrogen-bond acceptors (Lipinski definition) is 3. The van der Waals surface area contributed by atoms with Crippen molar-refractivity contribution < 1.29 is 13.2 Å². The van der Waals surface area contributed by atoms with Crippen LogP contribution in [-0.2, 0) is 25.9 Å². The van der Waals surface area contributed by atoms with Gasteiger partial charge in [-0.15, -0.1) is 0 Å². The molecule has 0 bridgehead atoms. The van der Waals surface area contributed by atoms with Crippen molar-refractivity contribution in [3.8, 4) is 0 Å². The van der Waals surface area contributed by atoms with Gasteiger partial charge >= 0.3 is 0 Å². The summed E-state index contributed by atoms with van der Waals surface area (Å²) < 4.78 is 40.1. The molecule has 1 aliphatic rings. The highest BCUT2D eigenvalue weighted by Gasteiger charge is 2.23. The molecule has 0 saturated heterocycles. The highest BCUT2D eigenvalue weighted by molar-refractivity contribution is 5.23. The van der Waals surface area contributed by atoms with E-state index in [9.17, 15) is 18.0 Å². The average Bonchev–Trinajstić information content (AvgIpc) is 2.56. The number of benzene rings is 1. The molecule has 0 fully saturated rings. The fourth-order valence-electron chi connectivity index (χ4n) is 2.95. The van der Waals surface area contributed by atoms with Crippen molar-refractivity contribution in [1.29, 1.82) is 0 Å². The summed E-state index contributed by atoms with van der Waals surface area (Å²) in [4.78, 5) is 21.3. The van der Waals surface area contributed by atoms with Gasteiger partial charge in [-0.3, -0.25) is 9.69 Å². The monoisotopic (exact) mass is 337 g/mol. The Hall–Kier alpha value is -2.15. The van der Waals surface area contributed by atoms with Gasteiger partial charge in [0.15, 0.2) is 17.5 Å². The predicted molar refractivity (Wildman–Crippen MR) is 83.0 cm³/mol. The van der Waals surface area contributed by atoms with Crippen LogP contribution < -0.4 is 5.56 Å². The zero-order valence-electron chi connectivity index (χ0n) is 13.3. The van der Waals surface area contributed by atoms with Crippen LogP contribution in [0, 0.1) is 17.5 Å². The Labute approximate surface area is 137 Å². The SMILES string of the molecule is CCCc1nc2c(c(=O)[nH]1)CN(Cc1ccc(F)c(F)c1F)CC2. The number of rotatable bonds is 4. The molecule has 1 aromatic carbocycles. The van der Waals surface area contributed by atoms with E-state index in [0.29, 0.717) is 37.3 Å². The summed E-state index contributed by atoms with van der Waals surface area (Å²) in [5.74, 6) is -3.16. The highest BCUT2D eigenvalue weighted by Crippen LogP contribution is 2.20. The number of aryl methyl sites for hydroxylation is 1. The fourth-order valence-corrected chi connectivity index (χ4v) is 2.95. The van der Waals surface area contributed by atoms with Gasteiger partial charge in [0.2, 0.25) is 0 Å². The van der Waals surface area contributed by atoms with E-state index in [1.165, 1.54) is 6.07 Å². The Bertz CT molecular complexity index is 819. The predicted octanol–water partition coefficient (Wildman–Crippen LogP) is 2.70. The van der Waals surface area contributed by atoms with Crippen LogP contribution in [0.4, 0.5) is 13.2 Å². The third-order valence-corrected chi connectivity index (χ3v) is 4.19. The van der Waals surface area contributed by atoms with Crippen LogP contribution in [0.25, 0.3) is 0 Å². The molecule has 0 aliphatic carbocycles. The first kappa shape index (κ1) is 16.7. The number of fused-ring (bicyclic) bond motifs is 1. The Balaban J connectivity index is 1.81. The van der Waals surface area contributed by atoms with E-state index in [-0.39, 0.29) is 17.7 Å². The lowest BCUT2D eigenvalue weighted by Crippen LogP contribution is -2.36. The molecule has 1 N–H and O–H groups in total. The minimum atomic E-state index is -1.46. The molecule has 4 nitrogen and oxygen atoms in total. The Kier molecular flexibility index (Phi) is 4.71. The van der Waals surface area contributed by atoms with Crippen LogP contribution in [0.3, 0.4) is 0 Å². The van der Waals surface area contributed by atoms with E-state index < -0.39 is 17.5 Å². The molecule has 0 spiro atoms. The summed E-state index contributed by atoms with van der Waals surface area (Å²) in [7, 11) is 0. The maximum Gasteiger partial charge on any atom is 0.255 e. The molecule has 24 heavy (non-hydrogen) atoms. The molecule has 7 heteroatoms. The number of aromatic nitrogens is 2. The second-order valence-corrected chi connectivity index (χ2v) is 5.98. The summed E-state index contributed by atoms with van der Waals surface area (Å²) in [5, 5.41) is 0. The topological polar surface area (TPSA) is 49.0 Å². The first-order valence-corrected chi connectivity index (χ1v) is 7.95. The van der Waals surface area contributed by atoms with Gasteiger partial charge in [0, 0.05) is 38.0 Å². The smallest absolute Gasteiger partial charge is 0.255 e. The molecule has 2 aromatic rings. The summed E-state index contributed by atoms with van der Waals surface area (Å²) in [6.45, 7) is 3.01. The Morgan fingerprint density at radius 2 is 2.04 bits per heavy atom. The quantitative estimate of drug-likeness (QED) is 0.873. The van der Waals surface area contributed by atoms with Crippen LogP contribution in [0.1, 0.15) is 36.0 Å². The van der Waals surface area contributed by atoms with Crippen molar-refractivity contribution in [2.75, 3.05) is 6.54 Å². The van der Waals surface area contributed by atoms with Gasteiger partial charge in [-0.05, 0) is 12.5 Å². The lowest BCUT2D eigenvalue weighted by atomic mass is 10.1. The molecule has 1 aliphatic heterocycles. The van der Waals surface area contributed by atoms with E-state index in [0.717, 1.165) is 18.2 Å². The lowest BCUT2D eigenvalue weighted by molar-refractivity contribution is 0.236. The van der Waals surface area contributed by atoms with Gasteiger partial charge in [0.05, 0.1) is 11.3 Å². The van der Waals surface area contributed by atoms with Crippen molar-refractivity contribution in [2.45, 2.75) is 39.3 Å². The molecule has 0 unspecified atom stereocenters. The van der Waals surface area contributed by atoms with Gasteiger partial charge in [-0.2, -0.15) is 0 Å². The number of H-pyrrole nitrogens is 1. The second-order valence-electron chi connectivity index (χ2n) is 5.98. The van der Waals surface area contributed by atoms with Gasteiger partial charge in [0.25, 0.3) is 5.56 Å². The van der Waals surface area contributed by atoms with Crippen molar-refractivity contribution in [3.63, 3.8) is 0 Å². The van der Waals surface area contributed by atoms with Gasteiger partial charge in [-0.1, -0.05) is 13.0 Å². The number of halogens is 3.